The second-order valence-electron chi connectivity index (χ2n) is 6.51. The lowest BCUT2D eigenvalue weighted by Crippen LogP contribution is -2.28. The van der Waals surface area contributed by atoms with Gasteiger partial charge >= 0.3 is 0 Å². The minimum Gasteiger partial charge on any atom is -0.326 e. The van der Waals surface area contributed by atoms with Crippen molar-refractivity contribution in [2.75, 3.05) is 13.1 Å². The van der Waals surface area contributed by atoms with E-state index in [1.54, 1.807) is 0 Å². The van der Waals surface area contributed by atoms with Crippen molar-refractivity contribution < 1.29 is 4.39 Å². The summed E-state index contributed by atoms with van der Waals surface area (Å²) in [5, 5.41) is 1.16. The summed E-state index contributed by atoms with van der Waals surface area (Å²) in [6.45, 7) is 2.56. The number of para-hydroxylation sites is 1. The number of pyridine rings is 1. The van der Waals surface area contributed by atoms with E-state index in [2.05, 4.69) is 34.1 Å². The molecule has 25 heavy (non-hydrogen) atoms. The number of hydrogen-bond acceptors (Lipinski definition) is 3. The molecule has 0 amide bonds. The minimum absolute atomic E-state index is 0. The van der Waals surface area contributed by atoms with Crippen LogP contribution in [-0.4, -0.2) is 29.0 Å². The Kier molecular flexibility index (Phi) is 5.33. The summed E-state index contributed by atoms with van der Waals surface area (Å²) in [4.78, 5) is 6.89. The van der Waals surface area contributed by atoms with Gasteiger partial charge in [-0.05, 0) is 29.3 Å². The number of rotatable bonds is 3. The molecule has 0 bridgehead atoms. The average Bonchev–Trinajstić information content (AvgIpc) is 2.96. The Morgan fingerprint density at radius 1 is 1.04 bits per heavy atom. The Hall–Kier alpha value is -2.01. The fourth-order valence-corrected chi connectivity index (χ4v) is 3.64. The van der Waals surface area contributed by atoms with Crippen LogP contribution < -0.4 is 5.73 Å². The van der Waals surface area contributed by atoms with E-state index in [1.165, 1.54) is 17.7 Å². The third kappa shape index (κ3) is 3.66. The van der Waals surface area contributed by atoms with Gasteiger partial charge in [0.05, 0.1) is 5.52 Å². The van der Waals surface area contributed by atoms with Crippen LogP contribution >= 0.6 is 12.4 Å². The van der Waals surface area contributed by atoms with Crippen LogP contribution in [-0.2, 0) is 6.54 Å². The molecule has 2 N–H and O–H groups in total. The molecule has 2 heterocycles. The zero-order chi connectivity index (χ0) is 16.5. The van der Waals surface area contributed by atoms with Gasteiger partial charge in [-0.1, -0.05) is 36.4 Å². The van der Waals surface area contributed by atoms with E-state index in [9.17, 15) is 4.39 Å². The number of likely N-dealkylation sites (tertiary alicyclic amines) is 1. The Morgan fingerprint density at radius 2 is 1.80 bits per heavy atom. The molecule has 1 fully saturated rings. The van der Waals surface area contributed by atoms with Crippen molar-refractivity contribution in [3.05, 3.63) is 77.7 Å². The normalized spacial score (nSPS) is 20.6. The van der Waals surface area contributed by atoms with Crippen molar-refractivity contribution >= 4 is 23.3 Å². The molecule has 0 spiro atoms. The predicted octanol–water partition coefficient (Wildman–Crippen LogP) is 3.72. The monoisotopic (exact) mass is 357 g/mol. The van der Waals surface area contributed by atoms with Gasteiger partial charge in [0.1, 0.15) is 5.82 Å². The standard InChI is InChI=1S/C20H20FN3.ClH/c21-17-8-6-14(7-9-17)18-12-24(13-19(18)22)11-16-4-1-3-15-5-2-10-23-20(15)16;/h1-10,18-19H,11-13,22H2;1H. The number of hydrogen-bond donors (Lipinski definition) is 1. The lowest BCUT2D eigenvalue weighted by molar-refractivity contribution is 0.325. The fourth-order valence-electron chi connectivity index (χ4n) is 3.64. The summed E-state index contributed by atoms with van der Waals surface area (Å²) in [6, 6.07) is 17.1. The maximum atomic E-state index is 13.1. The Labute approximate surface area is 153 Å². The van der Waals surface area contributed by atoms with Crippen LogP contribution in [0.1, 0.15) is 17.0 Å². The smallest absolute Gasteiger partial charge is 0.123 e. The van der Waals surface area contributed by atoms with Crippen molar-refractivity contribution in [2.45, 2.75) is 18.5 Å². The van der Waals surface area contributed by atoms with E-state index >= 15 is 0 Å². The van der Waals surface area contributed by atoms with Gasteiger partial charge in [0.15, 0.2) is 0 Å². The van der Waals surface area contributed by atoms with Gasteiger partial charge in [-0.3, -0.25) is 9.88 Å². The lowest BCUT2D eigenvalue weighted by Gasteiger charge is -2.17. The second kappa shape index (κ2) is 7.48. The highest BCUT2D eigenvalue weighted by Crippen LogP contribution is 2.28. The van der Waals surface area contributed by atoms with Crippen LogP contribution in [0.15, 0.2) is 60.8 Å². The summed E-state index contributed by atoms with van der Waals surface area (Å²) in [5.74, 6) is 0.0394. The van der Waals surface area contributed by atoms with Crippen LogP contribution in [0.25, 0.3) is 10.9 Å². The van der Waals surface area contributed by atoms with E-state index in [0.29, 0.717) is 0 Å². The average molecular weight is 358 g/mol. The largest absolute Gasteiger partial charge is 0.326 e. The first-order chi connectivity index (χ1) is 11.7. The predicted molar refractivity (Wildman–Crippen MR) is 101 cm³/mol. The van der Waals surface area contributed by atoms with Crippen molar-refractivity contribution in [3.63, 3.8) is 0 Å². The number of benzene rings is 2. The molecule has 3 nitrogen and oxygen atoms in total. The van der Waals surface area contributed by atoms with Crippen LogP contribution in [0, 0.1) is 5.82 Å². The van der Waals surface area contributed by atoms with Crippen LogP contribution in [0.2, 0.25) is 0 Å². The topological polar surface area (TPSA) is 42.1 Å². The van der Waals surface area contributed by atoms with Gasteiger partial charge in [-0.2, -0.15) is 0 Å². The Balaban J connectivity index is 0.00000182. The Bertz CT molecular complexity index is 848. The zero-order valence-corrected chi connectivity index (χ0v) is 14.6. The summed E-state index contributed by atoms with van der Waals surface area (Å²) in [7, 11) is 0. The molecule has 4 rings (SSSR count). The van der Waals surface area contributed by atoms with E-state index < -0.39 is 0 Å². The quantitative estimate of drug-likeness (QED) is 0.776. The van der Waals surface area contributed by atoms with Crippen molar-refractivity contribution in [3.8, 4) is 0 Å². The highest BCUT2D eigenvalue weighted by molar-refractivity contribution is 5.85. The molecule has 1 aliphatic rings. The number of fused-ring (bicyclic) bond motifs is 1. The maximum Gasteiger partial charge on any atom is 0.123 e. The van der Waals surface area contributed by atoms with Gasteiger partial charge in [-0.25, -0.2) is 4.39 Å². The van der Waals surface area contributed by atoms with E-state index in [-0.39, 0.29) is 30.2 Å². The lowest BCUT2D eigenvalue weighted by atomic mass is 9.95. The second-order valence-corrected chi connectivity index (χ2v) is 6.51. The maximum absolute atomic E-state index is 13.1. The molecule has 130 valence electrons. The van der Waals surface area contributed by atoms with Gasteiger partial charge in [0.25, 0.3) is 0 Å². The van der Waals surface area contributed by atoms with Crippen molar-refractivity contribution in [2.24, 2.45) is 5.73 Å². The summed E-state index contributed by atoms with van der Waals surface area (Å²) < 4.78 is 13.1. The molecule has 1 aromatic heterocycles. The highest BCUT2D eigenvalue weighted by Gasteiger charge is 2.31. The molecule has 2 atom stereocenters. The molecule has 5 heteroatoms. The molecule has 2 aromatic carbocycles. The summed E-state index contributed by atoms with van der Waals surface area (Å²) >= 11 is 0. The first-order valence-electron chi connectivity index (χ1n) is 8.27. The van der Waals surface area contributed by atoms with E-state index in [0.717, 1.165) is 36.1 Å². The van der Waals surface area contributed by atoms with Crippen LogP contribution in [0.5, 0.6) is 0 Å². The highest BCUT2D eigenvalue weighted by atomic mass is 35.5. The Morgan fingerprint density at radius 3 is 2.60 bits per heavy atom. The molecule has 1 aliphatic heterocycles. The molecule has 1 saturated heterocycles. The van der Waals surface area contributed by atoms with Gasteiger partial charge in [0.2, 0.25) is 0 Å². The van der Waals surface area contributed by atoms with Gasteiger partial charge in [-0.15, -0.1) is 12.4 Å². The summed E-state index contributed by atoms with van der Waals surface area (Å²) in [5.41, 5.74) is 9.74. The van der Waals surface area contributed by atoms with Crippen LogP contribution in [0.3, 0.4) is 0 Å². The third-order valence-corrected chi connectivity index (χ3v) is 4.85. The van der Waals surface area contributed by atoms with Crippen LogP contribution in [0.4, 0.5) is 4.39 Å². The SMILES string of the molecule is Cl.NC1CN(Cc2cccc3cccnc23)CC1c1ccc(F)cc1. The van der Waals surface area contributed by atoms with Crippen molar-refractivity contribution in [1.82, 2.24) is 9.88 Å². The molecular formula is C20H21ClFN3. The minimum atomic E-state index is -0.205. The van der Waals surface area contributed by atoms with Gasteiger partial charge in [0, 0.05) is 43.2 Å². The summed E-state index contributed by atoms with van der Waals surface area (Å²) in [6.07, 6.45) is 1.84. The molecule has 0 saturated carbocycles. The van der Waals surface area contributed by atoms with E-state index in [1.807, 2.05) is 24.4 Å². The number of halogens is 2. The molecular weight excluding hydrogens is 337 g/mol. The number of aromatic nitrogens is 1. The van der Waals surface area contributed by atoms with Crippen molar-refractivity contribution in [1.29, 1.82) is 0 Å². The van der Waals surface area contributed by atoms with Gasteiger partial charge < -0.3 is 5.73 Å². The third-order valence-electron chi connectivity index (χ3n) is 4.85. The number of nitrogens with two attached hydrogens (primary N) is 1. The molecule has 2 unspecified atom stereocenters. The first-order valence-corrected chi connectivity index (χ1v) is 8.27. The number of nitrogens with zero attached hydrogens (tertiary/aromatic N) is 2. The molecule has 3 aromatic rings. The zero-order valence-electron chi connectivity index (χ0n) is 13.8. The first kappa shape index (κ1) is 17.8. The molecule has 0 aliphatic carbocycles. The molecule has 0 radical (unpaired) electrons. The fraction of sp³-hybridized carbons (Fsp3) is 0.250. The van der Waals surface area contributed by atoms with E-state index in [4.69, 9.17) is 5.73 Å².